The molecule has 2 aromatic heterocycles. The molecular weight excluding hydrogens is 296 g/mol. The number of aromatic nitrogens is 5. The number of piperazine rings is 1. The van der Waals surface area contributed by atoms with Crippen molar-refractivity contribution in [2.75, 3.05) is 44.2 Å². The zero-order chi connectivity index (χ0) is 16.1. The molecule has 0 radical (unpaired) electrons. The number of hydrogen-bond acceptors (Lipinski definition) is 7. The first-order valence-electron chi connectivity index (χ1n) is 7.64. The van der Waals surface area contributed by atoms with E-state index in [0.717, 1.165) is 38.7 Å². The van der Waals surface area contributed by atoms with Crippen molar-refractivity contribution in [2.24, 2.45) is 0 Å². The highest BCUT2D eigenvalue weighted by molar-refractivity contribution is 5.93. The maximum atomic E-state index is 11.9. The molecule has 0 aromatic carbocycles. The molecule has 2 aromatic rings. The minimum Gasteiger partial charge on any atom is -0.349 e. The van der Waals surface area contributed by atoms with E-state index in [4.69, 9.17) is 0 Å². The van der Waals surface area contributed by atoms with Crippen molar-refractivity contribution in [1.82, 2.24) is 35.6 Å². The number of rotatable bonds is 5. The van der Waals surface area contributed by atoms with Gasteiger partial charge in [0, 0.05) is 51.7 Å². The zero-order valence-corrected chi connectivity index (χ0v) is 13.1. The Bertz CT molecular complexity index is 635. The molecule has 0 aliphatic carbocycles. The van der Waals surface area contributed by atoms with Gasteiger partial charge in [0.2, 0.25) is 5.95 Å². The van der Waals surface area contributed by atoms with Gasteiger partial charge >= 0.3 is 0 Å². The third-order valence-electron chi connectivity index (χ3n) is 3.86. The standard InChI is InChI=1S/C14H20N8O/c1-11-12(19-20-18-11)13(23)15-5-6-21-7-9-22(10-8-21)14-16-3-2-4-17-14/h2-4H,5-10H2,1H3,(H,15,23)(H,18,19,20). The highest BCUT2D eigenvalue weighted by Gasteiger charge is 2.19. The lowest BCUT2D eigenvalue weighted by molar-refractivity contribution is 0.0942. The third-order valence-corrected chi connectivity index (χ3v) is 3.86. The number of H-pyrrole nitrogens is 1. The van der Waals surface area contributed by atoms with Gasteiger partial charge in [0.1, 0.15) is 0 Å². The molecule has 1 amide bonds. The third kappa shape index (κ3) is 3.81. The van der Waals surface area contributed by atoms with Gasteiger partial charge in [-0.2, -0.15) is 15.4 Å². The average Bonchev–Trinajstić information content (AvgIpc) is 3.02. The van der Waals surface area contributed by atoms with Crippen LogP contribution in [-0.4, -0.2) is 75.5 Å². The monoisotopic (exact) mass is 316 g/mol. The number of anilines is 1. The molecule has 23 heavy (non-hydrogen) atoms. The molecule has 0 unspecified atom stereocenters. The van der Waals surface area contributed by atoms with Crippen LogP contribution in [0.1, 0.15) is 16.2 Å². The van der Waals surface area contributed by atoms with Gasteiger partial charge in [-0.25, -0.2) is 9.97 Å². The van der Waals surface area contributed by atoms with E-state index in [1.54, 1.807) is 19.3 Å². The number of carbonyl (C=O) groups is 1. The predicted molar refractivity (Wildman–Crippen MR) is 84.1 cm³/mol. The molecule has 1 aliphatic heterocycles. The molecule has 0 atom stereocenters. The Labute approximate surface area is 134 Å². The van der Waals surface area contributed by atoms with E-state index in [2.05, 4.69) is 40.5 Å². The van der Waals surface area contributed by atoms with E-state index < -0.39 is 0 Å². The van der Waals surface area contributed by atoms with Gasteiger partial charge in [0.15, 0.2) is 5.69 Å². The Morgan fingerprint density at radius 3 is 2.61 bits per heavy atom. The van der Waals surface area contributed by atoms with Gasteiger partial charge in [-0.05, 0) is 13.0 Å². The van der Waals surface area contributed by atoms with E-state index in [-0.39, 0.29) is 5.91 Å². The van der Waals surface area contributed by atoms with Crippen molar-refractivity contribution in [3.63, 3.8) is 0 Å². The Kier molecular flexibility index (Phi) is 4.77. The minimum absolute atomic E-state index is 0.187. The fraction of sp³-hybridized carbons (Fsp3) is 0.500. The fourth-order valence-corrected chi connectivity index (χ4v) is 2.54. The maximum Gasteiger partial charge on any atom is 0.273 e. The van der Waals surface area contributed by atoms with Crippen LogP contribution in [0, 0.1) is 6.92 Å². The normalized spacial score (nSPS) is 15.6. The molecular formula is C14H20N8O. The Hall–Kier alpha value is -2.55. The van der Waals surface area contributed by atoms with Gasteiger partial charge in [0.05, 0.1) is 5.69 Å². The van der Waals surface area contributed by atoms with Crippen molar-refractivity contribution < 1.29 is 4.79 Å². The number of aromatic amines is 1. The Balaban J connectivity index is 1.40. The Morgan fingerprint density at radius 2 is 1.96 bits per heavy atom. The zero-order valence-electron chi connectivity index (χ0n) is 13.1. The van der Waals surface area contributed by atoms with Crippen molar-refractivity contribution >= 4 is 11.9 Å². The summed E-state index contributed by atoms with van der Waals surface area (Å²) in [4.78, 5) is 25.0. The van der Waals surface area contributed by atoms with Crippen LogP contribution in [-0.2, 0) is 0 Å². The molecule has 2 N–H and O–H groups in total. The van der Waals surface area contributed by atoms with Crippen LogP contribution in [0.2, 0.25) is 0 Å². The van der Waals surface area contributed by atoms with Crippen molar-refractivity contribution in [1.29, 1.82) is 0 Å². The number of nitrogens with one attached hydrogen (secondary N) is 2. The number of nitrogens with zero attached hydrogens (tertiary/aromatic N) is 6. The van der Waals surface area contributed by atoms with Crippen LogP contribution >= 0.6 is 0 Å². The average molecular weight is 316 g/mol. The van der Waals surface area contributed by atoms with Crippen LogP contribution in [0.25, 0.3) is 0 Å². The molecule has 1 fully saturated rings. The van der Waals surface area contributed by atoms with E-state index in [9.17, 15) is 4.79 Å². The van der Waals surface area contributed by atoms with Gasteiger partial charge in [-0.1, -0.05) is 0 Å². The van der Waals surface area contributed by atoms with Crippen LogP contribution in [0.3, 0.4) is 0 Å². The molecule has 0 bridgehead atoms. The molecule has 0 spiro atoms. The van der Waals surface area contributed by atoms with Crippen LogP contribution in [0.15, 0.2) is 18.5 Å². The van der Waals surface area contributed by atoms with E-state index in [1.165, 1.54) is 0 Å². The Morgan fingerprint density at radius 1 is 1.22 bits per heavy atom. The highest BCUT2D eigenvalue weighted by atomic mass is 16.2. The van der Waals surface area contributed by atoms with Gasteiger partial charge in [-0.3, -0.25) is 9.69 Å². The second-order valence-electron chi connectivity index (χ2n) is 5.39. The second kappa shape index (κ2) is 7.14. The highest BCUT2D eigenvalue weighted by Crippen LogP contribution is 2.09. The largest absolute Gasteiger partial charge is 0.349 e. The van der Waals surface area contributed by atoms with Gasteiger partial charge in [-0.15, -0.1) is 0 Å². The summed E-state index contributed by atoms with van der Waals surface area (Å²) in [5, 5.41) is 13.0. The summed E-state index contributed by atoms with van der Waals surface area (Å²) in [6.45, 7) is 6.79. The summed E-state index contributed by atoms with van der Waals surface area (Å²) in [5.41, 5.74) is 0.968. The summed E-state index contributed by atoms with van der Waals surface area (Å²) in [6.07, 6.45) is 3.52. The minimum atomic E-state index is -0.187. The predicted octanol–water partition coefficient (Wildman–Crippen LogP) is -0.545. The smallest absolute Gasteiger partial charge is 0.273 e. The molecule has 3 rings (SSSR count). The van der Waals surface area contributed by atoms with Crippen LogP contribution in [0.4, 0.5) is 5.95 Å². The van der Waals surface area contributed by atoms with Crippen molar-refractivity contribution in [3.8, 4) is 0 Å². The lowest BCUT2D eigenvalue weighted by Crippen LogP contribution is -2.49. The second-order valence-corrected chi connectivity index (χ2v) is 5.39. The number of carbonyl (C=O) groups excluding carboxylic acids is 1. The molecule has 9 nitrogen and oxygen atoms in total. The quantitative estimate of drug-likeness (QED) is 0.763. The van der Waals surface area contributed by atoms with E-state index >= 15 is 0 Å². The van der Waals surface area contributed by atoms with E-state index in [1.807, 2.05) is 6.07 Å². The lowest BCUT2D eigenvalue weighted by Gasteiger charge is -2.34. The summed E-state index contributed by atoms with van der Waals surface area (Å²) in [7, 11) is 0. The summed E-state index contributed by atoms with van der Waals surface area (Å²) < 4.78 is 0. The van der Waals surface area contributed by atoms with Gasteiger partial charge in [0.25, 0.3) is 5.91 Å². The molecule has 122 valence electrons. The summed E-state index contributed by atoms with van der Waals surface area (Å²) >= 11 is 0. The van der Waals surface area contributed by atoms with Crippen molar-refractivity contribution in [3.05, 3.63) is 29.8 Å². The number of hydrogen-bond donors (Lipinski definition) is 2. The first-order valence-corrected chi connectivity index (χ1v) is 7.64. The SMILES string of the molecule is Cc1n[nH]nc1C(=O)NCCN1CCN(c2ncccn2)CC1. The van der Waals surface area contributed by atoms with Gasteiger partial charge < -0.3 is 10.2 Å². The lowest BCUT2D eigenvalue weighted by atomic mass is 10.3. The number of amides is 1. The molecule has 0 saturated carbocycles. The van der Waals surface area contributed by atoms with E-state index in [0.29, 0.717) is 17.9 Å². The summed E-state index contributed by atoms with van der Waals surface area (Å²) in [5.74, 6) is 0.592. The van der Waals surface area contributed by atoms with Crippen LogP contribution in [0.5, 0.6) is 0 Å². The fourth-order valence-electron chi connectivity index (χ4n) is 2.54. The first kappa shape index (κ1) is 15.3. The van der Waals surface area contributed by atoms with Crippen molar-refractivity contribution in [2.45, 2.75) is 6.92 Å². The maximum absolute atomic E-state index is 11.9. The molecule has 1 aliphatic rings. The summed E-state index contributed by atoms with van der Waals surface area (Å²) in [6, 6.07) is 1.82. The topological polar surface area (TPSA) is 103 Å². The number of aryl methyl sites for hydroxylation is 1. The van der Waals surface area contributed by atoms with Crippen LogP contribution < -0.4 is 10.2 Å². The molecule has 1 saturated heterocycles. The molecule has 9 heteroatoms. The molecule has 3 heterocycles. The first-order chi connectivity index (χ1) is 11.2.